The van der Waals surface area contributed by atoms with Crippen molar-refractivity contribution in [3.05, 3.63) is 30.6 Å². The molecule has 0 atom stereocenters. The molecule has 0 spiro atoms. The number of aromatic nitrogens is 1. The Morgan fingerprint density at radius 1 is 1.14 bits per heavy atom. The molecule has 0 fully saturated rings. The highest BCUT2D eigenvalue weighted by Crippen LogP contribution is 2.24. The summed E-state index contributed by atoms with van der Waals surface area (Å²) in [6.45, 7) is 3.89. The molecule has 2 aromatic rings. The van der Waals surface area contributed by atoms with Gasteiger partial charge in [0.05, 0.1) is 0 Å². The molecule has 7 heteroatoms. The van der Waals surface area contributed by atoms with E-state index in [2.05, 4.69) is 4.74 Å². The lowest BCUT2D eigenvalue weighted by Gasteiger charge is -2.19. The van der Waals surface area contributed by atoms with Crippen molar-refractivity contribution in [3.8, 4) is 5.75 Å². The maximum absolute atomic E-state index is 12.1. The third-order valence-electron chi connectivity index (χ3n) is 2.62. The Balaban J connectivity index is 2.19. The summed E-state index contributed by atoms with van der Waals surface area (Å²) >= 11 is 0. The van der Waals surface area contributed by atoms with Crippen molar-refractivity contribution in [1.82, 2.24) is 4.57 Å². The first-order valence-electron chi connectivity index (χ1n) is 6.58. The molecule has 0 amide bonds. The van der Waals surface area contributed by atoms with Crippen LogP contribution in [-0.4, -0.2) is 29.0 Å². The van der Waals surface area contributed by atoms with E-state index in [4.69, 9.17) is 4.74 Å². The van der Waals surface area contributed by atoms with Gasteiger partial charge in [-0.2, -0.15) is 13.2 Å². The summed E-state index contributed by atoms with van der Waals surface area (Å²) in [5, 5.41) is 1.29. The third kappa shape index (κ3) is 4.41. The Bertz CT molecular complexity index is 683. The second-order valence-corrected chi connectivity index (χ2v) is 5.84. The first-order chi connectivity index (χ1) is 10.0. The van der Waals surface area contributed by atoms with Gasteiger partial charge in [0, 0.05) is 23.2 Å². The molecule has 0 bridgehead atoms. The minimum absolute atomic E-state index is 0.0896. The van der Waals surface area contributed by atoms with E-state index in [9.17, 15) is 18.0 Å². The minimum atomic E-state index is -4.39. The maximum Gasteiger partial charge on any atom is 0.422 e. The van der Waals surface area contributed by atoms with Crippen molar-refractivity contribution >= 4 is 16.9 Å². The van der Waals surface area contributed by atoms with E-state index < -0.39 is 24.5 Å². The molecule has 1 heterocycles. The number of carbonyl (C=O) groups is 1. The Hall–Kier alpha value is -2.18. The summed E-state index contributed by atoms with van der Waals surface area (Å²) in [5.74, 6) is 0.0896. The van der Waals surface area contributed by atoms with Crippen molar-refractivity contribution in [1.29, 1.82) is 0 Å². The number of alkyl halides is 3. The summed E-state index contributed by atoms with van der Waals surface area (Å²) in [5.41, 5.74) is -0.630. The Kier molecular flexibility index (Phi) is 4.08. The number of rotatable bonds is 2. The van der Waals surface area contributed by atoms with Gasteiger partial charge in [0.2, 0.25) is 0 Å². The number of fused-ring (bicyclic) bond motifs is 1. The van der Waals surface area contributed by atoms with Gasteiger partial charge in [-0.15, -0.1) is 0 Å². The second-order valence-electron chi connectivity index (χ2n) is 5.84. The van der Waals surface area contributed by atoms with Crippen LogP contribution in [0.5, 0.6) is 5.75 Å². The van der Waals surface area contributed by atoms with E-state index in [0.29, 0.717) is 10.8 Å². The van der Waals surface area contributed by atoms with Crippen LogP contribution in [0.4, 0.5) is 18.0 Å². The van der Waals surface area contributed by atoms with Gasteiger partial charge in [-0.25, -0.2) is 4.79 Å². The monoisotopic (exact) mass is 315 g/mol. The average molecular weight is 315 g/mol. The predicted molar refractivity (Wildman–Crippen MR) is 75.1 cm³/mol. The number of halogens is 3. The fourth-order valence-corrected chi connectivity index (χ4v) is 1.79. The van der Waals surface area contributed by atoms with E-state index in [1.807, 2.05) is 0 Å². The topological polar surface area (TPSA) is 40.5 Å². The molecule has 1 aromatic carbocycles. The molecule has 4 nitrogen and oxygen atoms in total. The lowest BCUT2D eigenvalue weighted by Crippen LogP contribution is -2.26. The molecule has 0 N–H and O–H groups in total. The molecule has 0 aliphatic heterocycles. The SMILES string of the molecule is CC(C)(C)OC(=O)n1cc2ccc(OCC(F)(F)F)cc2c1. The quantitative estimate of drug-likeness (QED) is 0.826. The van der Waals surface area contributed by atoms with Gasteiger partial charge < -0.3 is 9.47 Å². The molecule has 2 rings (SSSR count). The highest BCUT2D eigenvalue weighted by molar-refractivity contribution is 5.88. The lowest BCUT2D eigenvalue weighted by molar-refractivity contribution is -0.153. The van der Waals surface area contributed by atoms with Gasteiger partial charge in [0.15, 0.2) is 6.61 Å². The van der Waals surface area contributed by atoms with Crippen molar-refractivity contribution in [2.24, 2.45) is 0 Å². The van der Waals surface area contributed by atoms with Gasteiger partial charge in [0.1, 0.15) is 11.4 Å². The highest BCUT2D eigenvalue weighted by atomic mass is 19.4. The highest BCUT2D eigenvalue weighted by Gasteiger charge is 2.28. The van der Waals surface area contributed by atoms with Gasteiger partial charge >= 0.3 is 12.3 Å². The molecule has 0 unspecified atom stereocenters. The number of benzene rings is 1. The van der Waals surface area contributed by atoms with Crippen LogP contribution in [0.2, 0.25) is 0 Å². The van der Waals surface area contributed by atoms with Crippen molar-refractivity contribution < 1.29 is 27.4 Å². The summed E-state index contributed by atoms with van der Waals surface area (Å²) < 4.78 is 47.5. The third-order valence-corrected chi connectivity index (χ3v) is 2.62. The summed E-state index contributed by atoms with van der Waals surface area (Å²) in [6.07, 6.45) is -1.90. The fourth-order valence-electron chi connectivity index (χ4n) is 1.79. The first-order valence-corrected chi connectivity index (χ1v) is 6.58. The zero-order chi connectivity index (χ0) is 16.5. The van der Waals surface area contributed by atoms with Crippen molar-refractivity contribution in [2.75, 3.05) is 6.61 Å². The second kappa shape index (κ2) is 5.55. The molecule has 22 heavy (non-hydrogen) atoms. The molecule has 120 valence electrons. The van der Waals surface area contributed by atoms with Crippen LogP contribution >= 0.6 is 0 Å². The molecule has 0 saturated heterocycles. The average Bonchev–Trinajstić information content (AvgIpc) is 2.76. The van der Waals surface area contributed by atoms with Crippen LogP contribution in [0.3, 0.4) is 0 Å². The van der Waals surface area contributed by atoms with E-state index in [1.54, 1.807) is 33.0 Å². The van der Waals surface area contributed by atoms with E-state index in [1.165, 1.54) is 22.9 Å². The summed E-state index contributed by atoms with van der Waals surface area (Å²) in [4.78, 5) is 11.9. The van der Waals surface area contributed by atoms with E-state index in [0.717, 1.165) is 0 Å². The van der Waals surface area contributed by atoms with Crippen molar-refractivity contribution in [2.45, 2.75) is 32.5 Å². The largest absolute Gasteiger partial charge is 0.484 e. The Morgan fingerprint density at radius 2 is 1.77 bits per heavy atom. The van der Waals surface area contributed by atoms with Gasteiger partial charge in [-0.3, -0.25) is 4.57 Å². The van der Waals surface area contributed by atoms with Crippen LogP contribution in [0.1, 0.15) is 20.8 Å². The number of nitrogens with zero attached hydrogens (tertiary/aromatic N) is 1. The Labute approximate surface area is 125 Å². The molecular weight excluding hydrogens is 299 g/mol. The number of carbonyl (C=O) groups excluding carboxylic acids is 1. The van der Waals surface area contributed by atoms with Crippen LogP contribution in [-0.2, 0) is 4.74 Å². The maximum atomic E-state index is 12.1. The predicted octanol–water partition coefficient (Wildman–Crippen LogP) is 4.37. The van der Waals surface area contributed by atoms with Gasteiger partial charge in [-0.05, 0) is 39.0 Å². The lowest BCUT2D eigenvalue weighted by atomic mass is 10.2. The normalized spacial score (nSPS) is 12.5. The van der Waals surface area contributed by atoms with Crippen LogP contribution in [0.15, 0.2) is 30.6 Å². The fraction of sp³-hybridized carbons (Fsp3) is 0.400. The summed E-state index contributed by atoms with van der Waals surface area (Å²) in [7, 11) is 0. The van der Waals surface area contributed by atoms with Gasteiger partial charge in [-0.1, -0.05) is 0 Å². The Morgan fingerprint density at radius 3 is 2.36 bits per heavy atom. The van der Waals surface area contributed by atoms with E-state index >= 15 is 0 Å². The standard InChI is InChI=1S/C15H16F3NO3/c1-14(2,3)22-13(20)19-7-10-4-5-12(6-11(10)8-19)21-9-15(16,17)18/h4-8H,9H2,1-3H3. The van der Waals surface area contributed by atoms with Crippen LogP contribution in [0.25, 0.3) is 10.8 Å². The smallest absolute Gasteiger partial charge is 0.422 e. The first kappa shape index (κ1) is 16.2. The minimum Gasteiger partial charge on any atom is -0.484 e. The summed E-state index contributed by atoms with van der Waals surface area (Å²) in [6, 6.07) is 4.46. The van der Waals surface area contributed by atoms with Crippen LogP contribution in [0, 0.1) is 0 Å². The molecule has 1 aromatic heterocycles. The number of hydrogen-bond donors (Lipinski definition) is 0. The zero-order valence-corrected chi connectivity index (χ0v) is 12.4. The molecule has 0 radical (unpaired) electrons. The zero-order valence-electron chi connectivity index (χ0n) is 12.4. The van der Waals surface area contributed by atoms with Gasteiger partial charge in [0.25, 0.3) is 0 Å². The molecular formula is C15H16F3NO3. The van der Waals surface area contributed by atoms with Crippen LogP contribution < -0.4 is 4.74 Å². The molecule has 0 saturated carbocycles. The number of hydrogen-bond acceptors (Lipinski definition) is 3. The number of ether oxygens (including phenoxy) is 2. The van der Waals surface area contributed by atoms with E-state index in [-0.39, 0.29) is 5.75 Å². The molecule has 0 aliphatic carbocycles. The molecule has 0 aliphatic rings. The van der Waals surface area contributed by atoms with Crippen molar-refractivity contribution in [3.63, 3.8) is 0 Å².